The number of aromatic nitrogens is 1. The maximum absolute atomic E-state index is 12.2. The highest BCUT2D eigenvalue weighted by Crippen LogP contribution is 2.08. The van der Waals surface area contributed by atoms with Gasteiger partial charge in [-0.1, -0.05) is 19.9 Å². The molecule has 4 heteroatoms. The van der Waals surface area contributed by atoms with Crippen molar-refractivity contribution in [2.24, 2.45) is 0 Å². The molecule has 0 radical (unpaired) electrons. The maximum atomic E-state index is 12.2. The van der Waals surface area contributed by atoms with Gasteiger partial charge in [0.2, 0.25) is 0 Å². The second-order valence-electron chi connectivity index (χ2n) is 3.95. The zero-order valence-corrected chi connectivity index (χ0v) is 10.9. The summed E-state index contributed by atoms with van der Waals surface area (Å²) in [5.74, 6) is 0.745. The number of pyridine rings is 1. The van der Waals surface area contributed by atoms with E-state index in [1.54, 1.807) is 13.1 Å². The van der Waals surface area contributed by atoms with Gasteiger partial charge in [0.15, 0.2) is 0 Å². The summed E-state index contributed by atoms with van der Waals surface area (Å²) in [6.45, 7) is 5.73. The van der Waals surface area contributed by atoms with Gasteiger partial charge >= 0.3 is 0 Å². The van der Waals surface area contributed by atoms with Crippen molar-refractivity contribution in [3.05, 3.63) is 23.9 Å². The zero-order chi connectivity index (χ0) is 12.7. The lowest BCUT2D eigenvalue weighted by molar-refractivity contribution is 0.0750. The quantitative estimate of drug-likeness (QED) is 0.823. The Kier molecular flexibility index (Phi) is 5.46. The molecule has 17 heavy (non-hydrogen) atoms. The fraction of sp³-hybridized carbons (Fsp3) is 0.538. The lowest BCUT2D eigenvalue weighted by Gasteiger charge is -2.21. The monoisotopic (exact) mass is 235 g/mol. The van der Waals surface area contributed by atoms with E-state index in [1.165, 1.54) is 0 Å². The van der Waals surface area contributed by atoms with E-state index in [1.807, 2.05) is 17.0 Å². The van der Waals surface area contributed by atoms with Crippen LogP contribution in [0.2, 0.25) is 0 Å². The number of hydrogen-bond donors (Lipinski definition) is 1. The number of nitrogens with zero attached hydrogens (tertiary/aromatic N) is 2. The van der Waals surface area contributed by atoms with Crippen LogP contribution in [0.3, 0.4) is 0 Å². The van der Waals surface area contributed by atoms with Gasteiger partial charge in [0.05, 0.1) is 0 Å². The average Bonchev–Trinajstić information content (AvgIpc) is 2.38. The van der Waals surface area contributed by atoms with Crippen molar-refractivity contribution in [1.82, 2.24) is 9.88 Å². The molecule has 0 saturated carbocycles. The molecule has 94 valence electrons. The van der Waals surface area contributed by atoms with E-state index in [-0.39, 0.29) is 5.91 Å². The molecule has 1 aromatic heterocycles. The zero-order valence-electron chi connectivity index (χ0n) is 10.9. The summed E-state index contributed by atoms with van der Waals surface area (Å²) in [5, 5.41) is 2.94. The van der Waals surface area contributed by atoms with Gasteiger partial charge in [-0.15, -0.1) is 0 Å². The fourth-order valence-electron chi connectivity index (χ4n) is 1.71. The summed E-state index contributed by atoms with van der Waals surface area (Å²) < 4.78 is 0. The van der Waals surface area contributed by atoms with Gasteiger partial charge in [-0.3, -0.25) is 4.79 Å². The Bertz CT molecular complexity index is 359. The first-order valence-electron chi connectivity index (χ1n) is 6.17. The van der Waals surface area contributed by atoms with E-state index in [4.69, 9.17) is 0 Å². The van der Waals surface area contributed by atoms with Gasteiger partial charge in [-0.2, -0.15) is 0 Å². The Labute approximate surface area is 103 Å². The van der Waals surface area contributed by atoms with E-state index in [0.29, 0.717) is 5.69 Å². The van der Waals surface area contributed by atoms with Crippen LogP contribution in [0.1, 0.15) is 37.2 Å². The van der Waals surface area contributed by atoms with Crippen LogP contribution in [0.15, 0.2) is 18.2 Å². The molecule has 1 aromatic rings. The lowest BCUT2D eigenvalue weighted by atomic mass is 10.2. The Balaban J connectivity index is 2.84. The van der Waals surface area contributed by atoms with E-state index in [2.05, 4.69) is 24.1 Å². The van der Waals surface area contributed by atoms with E-state index in [0.717, 1.165) is 31.7 Å². The van der Waals surface area contributed by atoms with E-state index in [9.17, 15) is 4.79 Å². The predicted octanol–water partition coefficient (Wildman–Crippen LogP) is 2.39. The number of carbonyl (C=O) groups is 1. The largest absolute Gasteiger partial charge is 0.373 e. The minimum Gasteiger partial charge on any atom is -0.373 e. The van der Waals surface area contributed by atoms with Crippen molar-refractivity contribution in [3.63, 3.8) is 0 Å². The third kappa shape index (κ3) is 3.73. The van der Waals surface area contributed by atoms with Gasteiger partial charge in [0.25, 0.3) is 5.91 Å². The van der Waals surface area contributed by atoms with Crippen molar-refractivity contribution in [2.45, 2.75) is 26.7 Å². The summed E-state index contributed by atoms with van der Waals surface area (Å²) in [5.41, 5.74) is 0.513. The molecule has 0 unspecified atom stereocenters. The second-order valence-corrected chi connectivity index (χ2v) is 3.95. The number of rotatable bonds is 6. The summed E-state index contributed by atoms with van der Waals surface area (Å²) in [4.78, 5) is 18.4. The van der Waals surface area contributed by atoms with Gasteiger partial charge in [-0.25, -0.2) is 4.98 Å². The topological polar surface area (TPSA) is 45.2 Å². The molecule has 0 saturated heterocycles. The molecule has 0 bridgehead atoms. The molecule has 4 nitrogen and oxygen atoms in total. The third-order valence-corrected chi connectivity index (χ3v) is 2.50. The van der Waals surface area contributed by atoms with Crippen LogP contribution in [0, 0.1) is 0 Å². The summed E-state index contributed by atoms with van der Waals surface area (Å²) >= 11 is 0. The SMILES string of the molecule is CCCN(CCC)C(=O)c1cccc(NC)n1. The van der Waals surface area contributed by atoms with E-state index >= 15 is 0 Å². The van der Waals surface area contributed by atoms with Gasteiger partial charge in [0, 0.05) is 20.1 Å². The smallest absolute Gasteiger partial charge is 0.272 e. The molecule has 0 aliphatic heterocycles. The molecule has 1 N–H and O–H groups in total. The van der Waals surface area contributed by atoms with Crippen LogP contribution >= 0.6 is 0 Å². The molecule has 0 aliphatic carbocycles. The Morgan fingerprint density at radius 2 is 1.94 bits per heavy atom. The van der Waals surface area contributed by atoms with Gasteiger partial charge in [-0.05, 0) is 25.0 Å². The number of nitrogens with one attached hydrogen (secondary N) is 1. The van der Waals surface area contributed by atoms with Crippen LogP contribution < -0.4 is 5.32 Å². The van der Waals surface area contributed by atoms with Crippen LogP contribution in [0.4, 0.5) is 5.82 Å². The number of amides is 1. The number of anilines is 1. The van der Waals surface area contributed by atoms with Crippen molar-refractivity contribution >= 4 is 11.7 Å². The highest BCUT2D eigenvalue weighted by molar-refractivity contribution is 5.92. The molecule has 1 amide bonds. The van der Waals surface area contributed by atoms with Crippen LogP contribution in [-0.2, 0) is 0 Å². The van der Waals surface area contributed by atoms with Gasteiger partial charge in [0.1, 0.15) is 11.5 Å². The highest BCUT2D eigenvalue weighted by Gasteiger charge is 2.15. The highest BCUT2D eigenvalue weighted by atomic mass is 16.2. The van der Waals surface area contributed by atoms with Crippen LogP contribution in [-0.4, -0.2) is 35.9 Å². The molecule has 0 aliphatic rings. The molecule has 0 spiro atoms. The fourth-order valence-corrected chi connectivity index (χ4v) is 1.71. The Morgan fingerprint density at radius 3 is 2.47 bits per heavy atom. The normalized spacial score (nSPS) is 10.1. The minimum absolute atomic E-state index is 0.0193. The Morgan fingerprint density at radius 1 is 1.29 bits per heavy atom. The predicted molar refractivity (Wildman–Crippen MR) is 70.3 cm³/mol. The summed E-state index contributed by atoms with van der Waals surface area (Å²) in [7, 11) is 1.80. The number of carbonyl (C=O) groups excluding carboxylic acids is 1. The molecule has 0 atom stereocenters. The Hall–Kier alpha value is -1.58. The molecule has 1 rings (SSSR count). The summed E-state index contributed by atoms with van der Waals surface area (Å²) in [6.07, 6.45) is 1.94. The third-order valence-electron chi connectivity index (χ3n) is 2.50. The first kappa shape index (κ1) is 13.5. The standard InChI is InChI=1S/C13H21N3O/c1-4-9-16(10-5-2)13(17)11-7-6-8-12(14-3)15-11/h6-8H,4-5,9-10H2,1-3H3,(H,14,15). The van der Waals surface area contributed by atoms with Crippen molar-refractivity contribution in [3.8, 4) is 0 Å². The first-order valence-corrected chi connectivity index (χ1v) is 6.17. The molecule has 1 heterocycles. The van der Waals surface area contributed by atoms with Crippen molar-refractivity contribution in [1.29, 1.82) is 0 Å². The minimum atomic E-state index is 0.0193. The van der Waals surface area contributed by atoms with E-state index < -0.39 is 0 Å². The van der Waals surface area contributed by atoms with Gasteiger partial charge < -0.3 is 10.2 Å². The van der Waals surface area contributed by atoms with Crippen LogP contribution in [0.5, 0.6) is 0 Å². The summed E-state index contributed by atoms with van der Waals surface area (Å²) in [6, 6.07) is 5.46. The number of hydrogen-bond acceptors (Lipinski definition) is 3. The molecule has 0 aromatic carbocycles. The van der Waals surface area contributed by atoms with Crippen LogP contribution in [0.25, 0.3) is 0 Å². The van der Waals surface area contributed by atoms with Crippen molar-refractivity contribution in [2.75, 3.05) is 25.5 Å². The average molecular weight is 235 g/mol. The first-order chi connectivity index (χ1) is 8.22. The maximum Gasteiger partial charge on any atom is 0.272 e. The second kappa shape index (κ2) is 6.89. The lowest BCUT2D eigenvalue weighted by Crippen LogP contribution is -2.33. The molecule has 0 fully saturated rings. The van der Waals surface area contributed by atoms with Crippen molar-refractivity contribution < 1.29 is 4.79 Å². The molecular formula is C13H21N3O. The molecular weight excluding hydrogens is 214 g/mol.